The fraction of sp³-hybridized carbons (Fsp3) is 0.310. The predicted octanol–water partition coefficient (Wildman–Crippen LogP) is 6.32. The van der Waals surface area contributed by atoms with Crippen LogP contribution in [0.15, 0.2) is 72.8 Å². The first kappa shape index (κ1) is 24.8. The second-order valence-corrected chi connectivity index (χ2v) is 9.02. The molecule has 5 rings (SSSR count). The molecule has 1 saturated heterocycles. The maximum atomic E-state index is 13.1. The van der Waals surface area contributed by atoms with Crippen LogP contribution < -0.4 is 9.64 Å². The summed E-state index contributed by atoms with van der Waals surface area (Å²) in [5.41, 5.74) is 5.54. The highest BCUT2D eigenvalue weighted by molar-refractivity contribution is 5.97. The maximum Gasteiger partial charge on any atom is 0.227 e. The average Bonchev–Trinajstić information content (AvgIpc) is 3.42. The molecule has 1 fully saturated rings. The summed E-state index contributed by atoms with van der Waals surface area (Å²) in [5.74, 6) is 2.15. The van der Waals surface area contributed by atoms with Gasteiger partial charge in [0.2, 0.25) is 5.91 Å². The number of carbonyl (C=O) groups excluding carboxylic acids is 1. The van der Waals surface area contributed by atoms with Gasteiger partial charge in [-0.05, 0) is 61.2 Å². The van der Waals surface area contributed by atoms with Crippen molar-refractivity contribution in [2.75, 3.05) is 18.1 Å². The van der Waals surface area contributed by atoms with E-state index in [-0.39, 0.29) is 24.2 Å². The second-order valence-electron chi connectivity index (χ2n) is 9.02. The molecular weight excluding hydrogens is 458 g/mol. The molecule has 0 aliphatic carbocycles. The van der Waals surface area contributed by atoms with Crippen LogP contribution in [0.1, 0.15) is 42.6 Å². The van der Waals surface area contributed by atoms with Crippen LogP contribution in [0.2, 0.25) is 0 Å². The number of imidazole rings is 1. The third-order valence-electron chi connectivity index (χ3n) is 6.62. The number of rotatable bonds is 8. The number of anilines is 1. The maximum absolute atomic E-state index is 13.1. The van der Waals surface area contributed by atoms with Crippen molar-refractivity contribution in [1.29, 1.82) is 0 Å². The van der Waals surface area contributed by atoms with Crippen molar-refractivity contribution >= 4 is 35.0 Å². The minimum Gasteiger partial charge on any atom is -0.494 e. The number of aryl methyl sites for hydroxylation is 3. The largest absolute Gasteiger partial charge is 0.494 e. The first-order valence-electron chi connectivity index (χ1n) is 12.2. The zero-order valence-electron chi connectivity index (χ0n) is 20.3. The smallest absolute Gasteiger partial charge is 0.227 e. The van der Waals surface area contributed by atoms with Gasteiger partial charge in [-0.3, -0.25) is 4.79 Å². The van der Waals surface area contributed by atoms with Crippen molar-refractivity contribution in [3.8, 4) is 5.75 Å². The van der Waals surface area contributed by atoms with E-state index in [4.69, 9.17) is 9.72 Å². The lowest BCUT2D eigenvalue weighted by Gasteiger charge is -2.20. The van der Waals surface area contributed by atoms with Crippen molar-refractivity contribution in [3.63, 3.8) is 0 Å². The van der Waals surface area contributed by atoms with E-state index in [0.29, 0.717) is 19.6 Å². The second kappa shape index (κ2) is 11.0. The number of hydrogen-bond acceptors (Lipinski definition) is 3. The topological polar surface area (TPSA) is 47.4 Å². The Hall–Kier alpha value is -3.31. The molecule has 6 heteroatoms. The molecule has 0 saturated carbocycles. The molecule has 0 spiro atoms. The number of amides is 1. The molecule has 35 heavy (non-hydrogen) atoms. The Morgan fingerprint density at radius 1 is 1.03 bits per heavy atom. The summed E-state index contributed by atoms with van der Waals surface area (Å²) in [6, 6.07) is 24.6. The molecule has 1 unspecified atom stereocenters. The third-order valence-corrected chi connectivity index (χ3v) is 6.62. The van der Waals surface area contributed by atoms with E-state index in [2.05, 4.69) is 60.9 Å². The fourth-order valence-electron chi connectivity index (χ4n) is 4.95. The van der Waals surface area contributed by atoms with Crippen LogP contribution in [0.25, 0.3) is 11.0 Å². The van der Waals surface area contributed by atoms with E-state index >= 15 is 0 Å². The molecule has 0 N–H and O–H groups in total. The number of halogens is 1. The highest BCUT2D eigenvalue weighted by Crippen LogP contribution is 2.34. The van der Waals surface area contributed by atoms with E-state index in [1.54, 1.807) is 0 Å². The Labute approximate surface area is 213 Å². The number of aromatic nitrogens is 2. The van der Waals surface area contributed by atoms with Crippen molar-refractivity contribution in [3.05, 3.63) is 89.7 Å². The number of hydrogen-bond donors (Lipinski definition) is 0. The van der Waals surface area contributed by atoms with Gasteiger partial charge in [-0.25, -0.2) is 4.98 Å². The van der Waals surface area contributed by atoms with Gasteiger partial charge in [0.25, 0.3) is 0 Å². The monoisotopic (exact) mass is 489 g/mol. The number of nitrogens with zero attached hydrogens (tertiary/aromatic N) is 3. The summed E-state index contributed by atoms with van der Waals surface area (Å²) in [4.78, 5) is 20.0. The van der Waals surface area contributed by atoms with Crippen LogP contribution in [0, 0.1) is 6.92 Å². The molecule has 1 atom stereocenters. The zero-order chi connectivity index (χ0) is 23.5. The lowest BCUT2D eigenvalue weighted by molar-refractivity contribution is -0.117. The molecule has 4 aromatic rings. The van der Waals surface area contributed by atoms with E-state index in [1.165, 1.54) is 11.1 Å². The molecular formula is C29H32ClN3O2. The predicted molar refractivity (Wildman–Crippen MR) is 144 cm³/mol. The van der Waals surface area contributed by atoms with Crippen LogP contribution in [-0.4, -0.2) is 28.6 Å². The van der Waals surface area contributed by atoms with Gasteiger partial charge in [-0.1, -0.05) is 49.4 Å². The van der Waals surface area contributed by atoms with Gasteiger partial charge in [-0.15, -0.1) is 12.4 Å². The van der Waals surface area contributed by atoms with Crippen molar-refractivity contribution < 1.29 is 9.53 Å². The SMILES string of the molecule is CCc1ccccc1N1CC(c2nc3ccccc3n2CCCOc2cccc(C)c2)CC1=O.Cl. The van der Waals surface area contributed by atoms with Gasteiger partial charge in [0.15, 0.2) is 0 Å². The Morgan fingerprint density at radius 2 is 1.83 bits per heavy atom. The average molecular weight is 490 g/mol. The normalized spacial score (nSPS) is 15.4. The van der Waals surface area contributed by atoms with Gasteiger partial charge in [0.05, 0.1) is 17.6 Å². The molecule has 2 heterocycles. The van der Waals surface area contributed by atoms with Gasteiger partial charge in [-0.2, -0.15) is 0 Å². The van der Waals surface area contributed by atoms with E-state index in [0.717, 1.165) is 47.7 Å². The van der Waals surface area contributed by atoms with Gasteiger partial charge in [0.1, 0.15) is 11.6 Å². The molecule has 3 aromatic carbocycles. The number of ether oxygens (including phenoxy) is 1. The Kier molecular flexibility index (Phi) is 7.76. The summed E-state index contributed by atoms with van der Waals surface area (Å²) in [6.07, 6.45) is 2.26. The number of fused-ring (bicyclic) bond motifs is 1. The standard InChI is InChI=1S/C29H31N3O2.ClH/c1-3-22-11-4-6-14-26(22)32-20-23(19-28(32)33)29-30-25-13-5-7-15-27(25)31(29)16-9-17-34-24-12-8-10-21(2)18-24;/h4-8,10-15,18,23H,3,9,16-17,19-20H2,1-2H3;1H. The third kappa shape index (κ3) is 5.20. The summed E-state index contributed by atoms with van der Waals surface area (Å²) in [7, 11) is 0. The number of carbonyl (C=O) groups is 1. The molecule has 1 amide bonds. The van der Waals surface area contributed by atoms with Crippen molar-refractivity contribution in [2.24, 2.45) is 0 Å². The van der Waals surface area contributed by atoms with Gasteiger partial charge in [0, 0.05) is 31.1 Å². The van der Waals surface area contributed by atoms with Gasteiger partial charge < -0.3 is 14.2 Å². The molecule has 0 bridgehead atoms. The van der Waals surface area contributed by atoms with Crippen LogP contribution in [0.4, 0.5) is 5.69 Å². The Morgan fingerprint density at radius 3 is 2.66 bits per heavy atom. The summed E-state index contributed by atoms with van der Waals surface area (Å²) < 4.78 is 8.28. The summed E-state index contributed by atoms with van der Waals surface area (Å²) in [6.45, 7) is 6.31. The molecule has 0 radical (unpaired) electrons. The lowest BCUT2D eigenvalue weighted by Crippen LogP contribution is -2.25. The van der Waals surface area contributed by atoms with E-state index in [9.17, 15) is 4.79 Å². The molecule has 1 aliphatic rings. The van der Waals surface area contributed by atoms with Crippen LogP contribution >= 0.6 is 12.4 Å². The van der Waals surface area contributed by atoms with Crippen LogP contribution in [-0.2, 0) is 17.8 Å². The fourth-order valence-corrected chi connectivity index (χ4v) is 4.95. The summed E-state index contributed by atoms with van der Waals surface area (Å²) >= 11 is 0. The van der Waals surface area contributed by atoms with E-state index in [1.807, 2.05) is 35.2 Å². The molecule has 1 aromatic heterocycles. The minimum absolute atomic E-state index is 0. The van der Waals surface area contributed by atoms with Crippen molar-refractivity contribution in [1.82, 2.24) is 9.55 Å². The van der Waals surface area contributed by atoms with Crippen LogP contribution in [0.5, 0.6) is 5.75 Å². The zero-order valence-corrected chi connectivity index (χ0v) is 21.1. The first-order chi connectivity index (χ1) is 16.6. The highest BCUT2D eigenvalue weighted by atomic mass is 35.5. The molecule has 1 aliphatic heterocycles. The lowest BCUT2D eigenvalue weighted by atomic mass is 10.1. The number of para-hydroxylation sites is 3. The number of benzene rings is 3. The van der Waals surface area contributed by atoms with E-state index < -0.39 is 0 Å². The van der Waals surface area contributed by atoms with Crippen LogP contribution in [0.3, 0.4) is 0 Å². The van der Waals surface area contributed by atoms with Crippen molar-refractivity contribution in [2.45, 2.75) is 45.6 Å². The first-order valence-corrected chi connectivity index (χ1v) is 12.2. The molecule has 182 valence electrons. The highest BCUT2D eigenvalue weighted by Gasteiger charge is 2.35. The molecule has 5 nitrogen and oxygen atoms in total. The summed E-state index contributed by atoms with van der Waals surface area (Å²) in [5, 5.41) is 0. The Balaban J connectivity index is 0.00000289. The minimum atomic E-state index is 0. The Bertz CT molecular complexity index is 1320. The van der Waals surface area contributed by atoms with Gasteiger partial charge >= 0.3 is 0 Å². The quantitative estimate of drug-likeness (QED) is 0.272.